The minimum absolute atomic E-state index is 0.283. The molecule has 0 aromatic rings. The number of rotatable bonds is 6. The Hall–Kier alpha value is -0.650. The van der Waals surface area contributed by atoms with Crippen LogP contribution in [0.25, 0.3) is 0 Å². The van der Waals surface area contributed by atoms with Gasteiger partial charge in [-0.25, -0.2) is 0 Å². The van der Waals surface area contributed by atoms with Gasteiger partial charge in [0, 0.05) is 38.6 Å². The van der Waals surface area contributed by atoms with E-state index in [9.17, 15) is 4.79 Å². The number of amides is 1. The van der Waals surface area contributed by atoms with Crippen LogP contribution in [0.1, 0.15) is 32.1 Å². The average molecular weight is 296 g/mol. The third-order valence-corrected chi connectivity index (χ3v) is 5.11. The minimum atomic E-state index is 0.283. The van der Waals surface area contributed by atoms with Gasteiger partial charge < -0.3 is 20.0 Å². The van der Waals surface area contributed by atoms with Crippen LogP contribution in [-0.2, 0) is 4.79 Å². The van der Waals surface area contributed by atoms with Crippen LogP contribution in [0.5, 0.6) is 0 Å². The third kappa shape index (κ3) is 5.24. The zero-order valence-corrected chi connectivity index (χ0v) is 14.0. The van der Waals surface area contributed by atoms with Gasteiger partial charge in [-0.3, -0.25) is 4.79 Å². The van der Waals surface area contributed by atoms with Crippen LogP contribution in [-0.4, -0.2) is 86.6 Å². The summed E-state index contributed by atoms with van der Waals surface area (Å²) in [6.45, 7) is 5.28. The first kappa shape index (κ1) is 16.7. The Morgan fingerprint density at radius 1 is 1.19 bits per heavy atom. The van der Waals surface area contributed by atoms with Crippen molar-refractivity contribution in [2.45, 2.75) is 44.2 Å². The lowest BCUT2D eigenvalue weighted by molar-refractivity contribution is -0.130. The molecular weight excluding hydrogens is 264 g/mol. The summed E-state index contributed by atoms with van der Waals surface area (Å²) in [6, 6.07) is 1.09. The second-order valence-electron chi connectivity index (χ2n) is 6.83. The summed E-state index contributed by atoms with van der Waals surface area (Å²) in [4.78, 5) is 18.9. The van der Waals surface area contributed by atoms with Gasteiger partial charge in [-0.05, 0) is 59.4 Å². The molecule has 1 atom stereocenters. The second-order valence-corrected chi connectivity index (χ2v) is 6.83. The fraction of sp³-hybridized carbons (Fsp3) is 0.938. The lowest BCUT2D eigenvalue weighted by Gasteiger charge is -2.35. The van der Waals surface area contributed by atoms with Crippen LogP contribution in [0.2, 0.25) is 0 Å². The van der Waals surface area contributed by atoms with E-state index in [1.165, 1.54) is 32.4 Å². The summed E-state index contributed by atoms with van der Waals surface area (Å²) in [7, 11) is 6.34. The molecule has 0 spiro atoms. The van der Waals surface area contributed by atoms with Crippen molar-refractivity contribution in [1.82, 2.24) is 20.0 Å². The highest BCUT2D eigenvalue weighted by molar-refractivity contribution is 5.76. The third-order valence-electron chi connectivity index (χ3n) is 5.11. The molecule has 2 rings (SSSR count). The SMILES string of the molecule is CN1CCC(N(C)CCN(C)C(=O)CC2CCCN2)CC1. The molecule has 122 valence electrons. The molecule has 0 saturated carbocycles. The van der Waals surface area contributed by atoms with Gasteiger partial charge in [-0.15, -0.1) is 0 Å². The van der Waals surface area contributed by atoms with E-state index in [-0.39, 0.29) is 5.91 Å². The van der Waals surface area contributed by atoms with Gasteiger partial charge >= 0.3 is 0 Å². The van der Waals surface area contributed by atoms with Gasteiger partial charge in [-0.1, -0.05) is 0 Å². The predicted octanol–water partition coefficient (Wildman–Crippen LogP) is 0.613. The predicted molar refractivity (Wildman–Crippen MR) is 86.4 cm³/mol. The number of piperidine rings is 1. The molecular formula is C16H32N4O. The van der Waals surface area contributed by atoms with Crippen LogP contribution in [0, 0.1) is 0 Å². The van der Waals surface area contributed by atoms with E-state index in [0.29, 0.717) is 18.5 Å². The first-order valence-electron chi connectivity index (χ1n) is 8.42. The standard InChI is InChI=1S/C16H32N4O/c1-18-9-6-15(7-10-18)19(2)11-12-20(3)16(21)13-14-5-4-8-17-14/h14-15,17H,4-13H2,1-3H3. The maximum absolute atomic E-state index is 12.2. The number of likely N-dealkylation sites (N-methyl/N-ethyl adjacent to an activating group) is 2. The Kier molecular flexibility index (Phi) is 6.45. The maximum Gasteiger partial charge on any atom is 0.223 e. The molecule has 2 fully saturated rings. The molecule has 0 radical (unpaired) electrons. The molecule has 1 N–H and O–H groups in total. The Balaban J connectivity index is 1.65. The molecule has 5 nitrogen and oxygen atoms in total. The molecule has 0 aliphatic carbocycles. The van der Waals surface area contributed by atoms with Crippen molar-refractivity contribution in [1.29, 1.82) is 0 Å². The van der Waals surface area contributed by atoms with Crippen LogP contribution in [0.4, 0.5) is 0 Å². The summed E-state index contributed by atoms with van der Waals surface area (Å²) in [5.41, 5.74) is 0. The molecule has 1 unspecified atom stereocenters. The monoisotopic (exact) mass is 296 g/mol. The van der Waals surface area contributed by atoms with Crippen molar-refractivity contribution in [3.05, 3.63) is 0 Å². The van der Waals surface area contributed by atoms with Crippen LogP contribution in [0.15, 0.2) is 0 Å². The van der Waals surface area contributed by atoms with Crippen molar-refractivity contribution >= 4 is 5.91 Å². The highest BCUT2D eigenvalue weighted by Crippen LogP contribution is 2.14. The highest BCUT2D eigenvalue weighted by atomic mass is 16.2. The molecule has 2 heterocycles. The minimum Gasteiger partial charge on any atom is -0.344 e. The van der Waals surface area contributed by atoms with Gasteiger partial charge in [0.2, 0.25) is 5.91 Å². The van der Waals surface area contributed by atoms with E-state index in [2.05, 4.69) is 29.2 Å². The summed E-state index contributed by atoms with van der Waals surface area (Å²) in [5, 5.41) is 3.40. The lowest BCUT2D eigenvalue weighted by Crippen LogP contribution is -2.45. The fourth-order valence-electron chi connectivity index (χ4n) is 3.35. The van der Waals surface area contributed by atoms with Crippen molar-refractivity contribution in [2.24, 2.45) is 0 Å². The number of likely N-dealkylation sites (tertiary alicyclic amines) is 1. The van der Waals surface area contributed by atoms with Crippen LogP contribution in [0.3, 0.4) is 0 Å². The van der Waals surface area contributed by atoms with Gasteiger partial charge in [0.1, 0.15) is 0 Å². The molecule has 5 heteroatoms. The van der Waals surface area contributed by atoms with E-state index in [4.69, 9.17) is 0 Å². The zero-order valence-electron chi connectivity index (χ0n) is 14.0. The number of nitrogens with zero attached hydrogens (tertiary/aromatic N) is 3. The van der Waals surface area contributed by atoms with E-state index in [1.54, 1.807) is 0 Å². The largest absolute Gasteiger partial charge is 0.344 e. The fourth-order valence-corrected chi connectivity index (χ4v) is 3.35. The Bertz CT molecular complexity index is 322. The molecule has 1 amide bonds. The summed E-state index contributed by atoms with van der Waals surface area (Å²) >= 11 is 0. The van der Waals surface area contributed by atoms with Gasteiger partial charge in [-0.2, -0.15) is 0 Å². The second kappa shape index (κ2) is 8.11. The van der Waals surface area contributed by atoms with E-state index >= 15 is 0 Å². The van der Waals surface area contributed by atoms with Gasteiger partial charge in [0.15, 0.2) is 0 Å². The summed E-state index contributed by atoms with van der Waals surface area (Å²) < 4.78 is 0. The molecule has 0 aromatic heterocycles. The van der Waals surface area contributed by atoms with Gasteiger partial charge in [0.05, 0.1) is 0 Å². The van der Waals surface area contributed by atoms with Crippen LogP contribution >= 0.6 is 0 Å². The van der Waals surface area contributed by atoms with Gasteiger partial charge in [0.25, 0.3) is 0 Å². The molecule has 0 bridgehead atoms. The summed E-state index contributed by atoms with van der Waals surface area (Å²) in [5.74, 6) is 0.283. The topological polar surface area (TPSA) is 38.8 Å². The Labute approximate surface area is 129 Å². The molecule has 2 saturated heterocycles. The number of hydrogen-bond donors (Lipinski definition) is 1. The number of carbonyl (C=O) groups excluding carboxylic acids is 1. The van der Waals surface area contributed by atoms with E-state index in [0.717, 1.165) is 26.1 Å². The first-order chi connectivity index (χ1) is 10.1. The lowest BCUT2D eigenvalue weighted by atomic mass is 10.0. The number of carbonyl (C=O) groups is 1. The Morgan fingerprint density at radius 2 is 1.90 bits per heavy atom. The van der Waals surface area contributed by atoms with E-state index < -0.39 is 0 Å². The van der Waals surface area contributed by atoms with Crippen LogP contribution < -0.4 is 5.32 Å². The number of hydrogen-bond acceptors (Lipinski definition) is 4. The first-order valence-corrected chi connectivity index (χ1v) is 8.42. The maximum atomic E-state index is 12.2. The van der Waals surface area contributed by atoms with E-state index in [1.807, 2.05) is 11.9 Å². The van der Waals surface area contributed by atoms with Crippen molar-refractivity contribution in [3.8, 4) is 0 Å². The Morgan fingerprint density at radius 3 is 2.52 bits per heavy atom. The molecule has 2 aliphatic heterocycles. The highest BCUT2D eigenvalue weighted by Gasteiger charge is 2.22. The van der Waals surface area contributed by atoms with Crippen molar-refractivity contribution in [3.63, 3.8) is 0 Å². The quantitative estimate of drug-likeness (QED) is 0.780. The molecule has 0 aromatic carbocycles. The molecule has 21 heavy (non-hydrogen) atoms. The average Bonchev–Trinajstić information content (AvgIpc) is 2.98. The normalized spacial score (nSPS) is 24.7. The zero-order chi connectivity index (χ0) is 15.2. The summed E-state index contributed by atoms with van der Waals surface area (Å²) in [6.07, 6.45) is 5.51. The van der Waals surface area contributed by atoms with Crippen molar-refractivity contribution < 1.29 is 4.79 Å². The van der Waals surface area contributed by atoms with Crippen molar-refractivity contribution in [2.75, 3.05) is 53.9 Å². The smallest absolute Gasteiger partial charge is 0.223 e. The number of nitrogens with one attached hydrogen (secondary N) is 1. The molecule has 2 aliphatic rings.